The molecule has 5 rings (SSSR count). The van der Waals surface area contributed by atoms with E-state index in [0.717, 1.165) is 36.6 Å². The van der Waals surface area contributed by atoms with Crippen molar-refractivity contribution in [1.82, 2.24) is 25.4 Å². The minimum Gasteiger partial charge on any atom is -0.425 e. The lowest BCUT2D eigenvalue weighted by Gasteiger charge is -2.25. The Hall–Kier alpha value is -4.01. The van der Waals surface area contributed by atoms with Crippen LogP contribution in [0.2, 0.25) is 0 Å². The van der Waals surface area contributed by atoms with Crippen LogP contribution >= 0.6 is 0 Å². The maximum atomic E-state index is 14.5. The smallest absolute Gasteiger partial charge is 0.253 e. The summed E-state index contributed by atoms with van der Waals surface area (Å²) in [6.45, 7) is 4.66. The summed E-state index contributed by atoms with van der Waals surface area (Å²) >= 11 is 0. The Morgan fingerprint density at radius 3 is 2.45 bits per heavy atom. The minimum atomic E-state index is -0.366. The molecule has 0 saturated heterocycles. The normalized spacial score (nSPS) is 17.6. The Bertz CT molecular complexity index is 1440. The van der Waals surface area contributed by atoms with Crippen molar-refractivity contribution in [3.63, 3.8) is 0 Å². The van der Waals surface area contributed by atoms with E-state index in [4.69, 9.17) is 4.42 Å². The van der Waals surface area contributed by atoms with Crippen LogP contribution in [0.1, 0.15) is 73.5 Å². The third kappa shape index (κ3) is 5.32. The van der Waals surface area contributed by atoms with E-state index < -0.39 is 0 Å². The first-order valence-electron chi connectivity index (χ1n) is 13.2. The number of para-hydroxylation sites is 2. The molecule has 0 radical (unpaired) electrons. The molecule has 38 heavy (non-hydrogen) atoms. The van der Waals surface area contributed by atoms with Gasteiger partial charge in [0.05, 0.1) is 16.8 Å². The molecule has 198 valence electrons. The molecule has 2 aromatic carbocycles. The van der Waals surface area contributed by atoms with Crippen molar-refractivity contribution in [3.8, 4) is 5.69 Å². The second-order valence-electron chi connectivity index (χ2n) is 10.1. The van der Waals surface area contributed by atoms with Crippen LogP contribution in [0, 0.1) is 11.7 Å². The van der Waals surface area contributed by atoms with Gasteiger partial charge in [-0.3, -0.25) is 9.59 Å². The van der Waals surface area contributed by atoms with Gasteiger partial charge in [-0.25, -0.2) is 4.39 Å². The van der Waals surface area contributed by atoms with Gasteiger partial charge in [0.25, 0.3) is 5.91 Å². The molecular weight excluding hydrogens is 485 g/mol. The zero-order valence-electron chi connectivity index (χ0n) is 21.6. The van der Waals surface area contributed by atoms with Crippen LogP contribution < -0.4 is 10.6 Å². The van der Waals surface area contributed by atoms with Crippen LogP contribution in [-0.4, -0.2) is 39.7 Å². The summed E-state index contributed by atoms with van der Waals surface area (Å²) in [7, 11) is 0. The van der Waals surface area contributed by atoms with Crippen LogP contribution in [0.4, 0.5) is 4.39 Å². The second-order valence-corrected chi connectivity index (χ2v) is 10.1. The number of carbonyl (C=O) groups excluding carboxylic acids is 2. The van der Waals surface area contributed by atoms with E-state index in [9.17, 15) is 14.0 Å². The molecule has 2 amide bonds. The first-order chi connectivity index (χ1) is 18.4. The van der Waals surface area contributed by atoms with Crippen molar-refractivity contribution in [2.75, 3.05) is 13.1 Å². The van der Waals surface area contributed by atoms with Gasteiger partial charge in [0.2, 0.25) is 17.7 Å². The van der Waals surface area contributed by atoms with Crippen LogP contribution in [0.25, 0.3) is 16.6 Å². The van der Waals surface area contributed by atoms with E-state index in [0.29, 0.717) is 36.1 Å². The number of nitrogens with one attached hydrogen (secondary N) is 2. The molecule has 1 saturated carbocycles. The monoisotopic (exact) mass is 517 g/mol. The molecule has 4 aromatic rings. The first-order valence-corrected chi connectivity index (χ1v) is 13.2. The number of benzene rings is 2. The average molecular weight is 518 g/mol. The van der Waals surface area contributed by atoms with E-state index in [1.54, 1.807) is 29.0 Å². The number of nitrogens with zero attached hydrogens (tertiary/aromatic N) is 3. The highest BCUT2D eigenvalue weighted by Crippen LogP contribution is 2.35. The molecule has 1 aliphatic rings. The van der Waals surface area contributed by atoms with Crippen LogP contribution in [0.15, 0.2) is 59.1 Å². The van der Waals surface area contributed by atoms with E-state index >= 15 is 0 Å². The molecule has 0 unspecified atom stereocenters. The fourth-order valence-corrected chi connectivity index (χ4v) is 5.06. The molecule has 0 spiro atoms. The van der Waals surface area contributed by atoms with Crippen molar-refractivity contribution in [1.29, 1.82) is 0 Å². The number of halogens is 1. The van der Waals surface area contributed by atoms with Gasteiger partial charge in [0.1, 0.15) is 5.82 Å². The molecule has 1 fully saturated rings. The van der Waals surface area contributed by atoms with Gasteiger partial charge >= 0.3 is 0 Å². The van der Waals surface area contributed by atoms with Gasteiger partial charge in [0, 0.05) is 42.4 Å². The summed E-state index contributed by atoms with van der Waals surface area (Å²) in [5, 5.41) is 14.9. The van der Waals surface area contributed by atoms with Gasteiger partial charge in [-0.05, 0) is 43.9 Å². The molecule has 0 atom stereocenters. The third-order valence-electron chi connectivity index (χ3n) is 7.18. The maximum Gasteiger partial charge on any atom is 0.253 e. The molecule has 1 aliphatic carbocycles. The third-order valence-corrected chi connectivity index (χ3v) is 7.18. The predicted molar refractivity (Wildman–Crippen MR) is 142 cm³/mol. The lowest BCUT2D eigenvalue weighted by molar-refractivity contribution is -0.126. The Morgan fingerprint density at radius 2 is 1.71 bits per heavy atom. The standard InChI is InChI=1S/C29H32FN5O3/c1-18(2)28-33-34-29(38-28)20-13-11-19(12-14-20)26(36)31-15-16-32-27(37)22-17-35(24-9-5-3-7-21(22)24)25-10-6-4-8-23(25)30/h3-10,17-20H,11-16H2,1-2H3,(H,31,36)(H,32,37)/t19-,20-. The number of carbonyl (C=O) groups is 2. The number of aromatic nitrogens is 3. The first kappa shape index (κ1) is 25.6. The van der Waals surface area contributed by atoms with Crippen LogP contribution in [0.5, 0.6) is 0 Å². The quantitative estimate of drug-likeness (QED) is 0.317. The zero-order chi connectivity index (χ0) is 26.6. The number of hydrogen-bond acceptors (Lipinski definition) is 5. The van der Waals surface area contributed by atoms with Gasteiger partial charge in [-0.2, -0.15) is 0 Å². The molecule has 9 heteroatoms. The Balaban J connectivity index is 1.13. The van der Waals surface area contributed by atoms with Crippen molar-refractivity contribution in [2.45, 2.75) is 51.4 Å². The SMILES string of the molecule is CC(C)c1nnc([C@H]2CC[C@H](C(=O)NCCNC(=O)c3cn(-c4ccccc4F)c4ccccc34)CC2)o1. The molecule has 8 nitrogen and oxygen atoms in total. The molecule has 0 bridgehead atoms. The Kier molecular flexibility index (Phi) is 7.53. The van der Waals surface area contributed by atoms with Crippen molar-refractivity contribution in [3.05, 3.63) is 77.9 Å². The van der Waals surface area contributed by atoms with Crippen LogP contribution in [-0.2, 0) is 4.79 Å². The average Bonchev–Trinajstić information content (AvgIpc) is 3.58. The fraction of sp³-hybridized carbons (Fsp3) is 0.379. The van der Waals surface area contributed by atoms with E-state index in [1.165, 1.54) is 6.07 Å². The largest absolute Gasteiger partial charge is 0.425 e. The summed E-state index contributed by atoms with van der Waals surface area (Å²) in [5.41, 5.74) is 1.58. The molecule has 0 aliphatic heterocycles. The number of hydrogen-bond donors (Lipinski definition) is 2. The van der Waals surface area contributed by atoms with Crippen molar-refractivity contribution in [2.24, 2.45) is 5.92 Å². The molecular formula is C29H32FN5O3. The van der Waals surface area contributed by atoms with E-state index in [2.05, 4.69) is 20.8 Å². The highest BCUT2D eigenvalue weighted by Gasteiger charge is 2.30. The lowest BCUT2D eigenvalue weighted by Crippen LogP contribution is -2.38. The van der Waals surface area contributed by atoms with Crippen LogP contribution in [0.3, 0.4) is 0 Å². The minimum absolute atomic E-state index is 0.00209. The summed E-state index contributed by atoms with van der Waals surface area (Å²) in [6.07, 6.45) is 4.85. The zero-order valence-corrected chi connectivity index (χ0v) is 21.6. The van der Waals surface area contributed by atoms with E-state index in [-0.39, 0.29) is 35.4 Å². The van der Waals surface area contributed by atoms with E-state index in [1.807, 2.05) is 38.1 Å². The Morgan fingerprint density at radius 1 is 1.00 bits per heavy atom. The summed E-state index contributed by atoms with van der Waals surface area (Å²) < 4.78 is 21.9. The highest BCUT2D eigenvalue weighted by atomic mass is 19.1. The molecule has 2 aromatic heterocycles. The number of rotatable bonds is 8. The summed E-state index contributed by atoms with van der Waals surface area (Å²) in [4.78, 5) is 25.7. The topological polar surface area (TPSA) is 102 Å². The lowest BCUT2D eigenvalue weighted by atomic mass is 9.81. The Labute approximate surface area is 220 Å². The van der Waals surface area contributed by atoms with Gasteiger partial charge < -0.3 is 19.6 Å². The second kappa shape index (κ2) is 11.2. The summed E-state index contributed by atoms with van der Waals surface area (Å²) in [5.74, 6) is 1.02. The highest BCUT2D eigenvalue weighted by molar-refractivity contribution is 6.07. The summed E-state index contributed by atoms with van der Waals surface area (Å²) in [6, 6.07) is 13.9. The van der Waals surface area contributed by atoms with Crippen molar-refractivity contribution < 1.29 is 18.4 Å². The van der Waals surface area contributed by atoms with Gasteiger partial charge in [0.15, 0.2) is 0 Å². The number of amides is 2. The predicted octanol–water partition coefficient (Wildman–Crippen LogP) is 5.10. The van der Waals surface area contributed by atoms with Gasteiger partial charge in [-0.1, -0.05) is 44.2 Å². The maximum absolute atomic E-state index is 14.5. The van der Waals surface area contributed by atoms with Crippen molar-refractivity contribution >= 4 is 22.7 Å². The molecule has 2 N–H and O–H groups in total. The molecule has 2 heterocycles. The van der Waals surface area contributed by atoms with Gasteiger partial charge in [-0.15, -0.1) is 10.2 Å². The number of fused-ring (bicyclic) bond motifs is 1. The fourth-order valence-electron chi connectivity index (χ4n) is 5.06.